The predicted molar refractivity (Wildman–Crippen MR) is 71.9 cm³/mol. The summed E-state index contributed by atoms with van der Waals surface area (Å²) in [6, 6.07) is 2.39. The number of nitrogens with zero attached hydrogens (tertiary/aromatic N) is 3. The van der Waals surface area contributed by atoms with Gasteiger partial charge in [0, 0.05) is 11.7 Å². The molecule has 1 N–H and O–H groups in total. The fourth-order valence-electron chi connectivity index (χ4n) is 2.58. The van der Waals surface area contributed by atoms with Gasteiger partial charge in [-0.05, 0) is 52.3 Å². The normalized spacial score (nSPS) is 23.6. The van der Waals surface area contributed by atoms with Gasteiger partial charge in [-0.2, -0.15) is 0 Å². The van der Waals surface area contributed by atoms with Crippen LogP contribution in [0.4, 0.5) is 0 Å². The first kappa shape index (κ1) is 12.5. The van der Waals surface area contributed by atoms with Crippen LogP contribution >= 0.6 is 0 Å². The molecule has 3 rings (SSSR count). The summed E-state index contributed by atoms with van der Waals surface area (Å²) in [4.78, 5) is 23.3. The van der Waals surface area contributed by atoms with Crippen LogP contribution in [0, 0.1) is 6.92 Å². The number of carbonyl (C=O) groups excluding carboxylic acids is 1. The number of hydrogen-bond acceptors (Lipinski definition) is 4. The first-order valence-corrected chi connectivity index (χ1v) is 7.00. The SMILES string of the molecule is Cc1cc(C(=O)NC2CC2)nc([C@@H]2CCCN2C)n1. The van der Waals surface area contributed by atoms with E-state index in [9.17, 15) is 4.79 Å². The molecule has 5 nitrogen and oxygen atoms in total. The van der Waals surface area contributed by atoms with Crippen molar-refractivity contribution in [3.63, 3.8) is 0 Å². The Labute approximate surface area is 113 Å². The zero-order chi connectivity index (χ0) is 13.4. The largest absolute Gasteiger partial charge is 0.348 e. The Kier molecular flexibility index (Phi) is 3.22. The van der Waals surface area contributed by atoms with Crippen LogP contribution in [-0.4, -0.2) is 40.4 Å². The molecule has 19 heavy (non-hydrogen) atoms. The summed E-state index contributed by atoms with van der Waals surface area (Å²) < 4.78 is 0. The quantitative estimate of drug-likeness (QED) is 0.893. The van der Waals surface area contributed by atoms with Crippen molar-refractivity contribution in [3.05, 3.63) is 23.3 Å². The van der Waals surface area contributed by atoms with E-state index in [2.05, 4.69) is 27.2 Å². The van der Waals surface area contributed by atoms with Gasteiger partial charge in [0.05, 0.1) is 6.04 Å². The van der Waals surface area contributed by atoms with E-state index < -0.39 is 0 Å². The van der Waals surface area contributed by atoms with Gasteiger partial charge in [-0.15, -0.1) is 0 Å². The molecule has 1 aliphatic heterocycles. The summed E-state index contributed by atoms with van der Waals surface area (Å²) in [7, 11) is 2.09. The molecule has 1 aliphatic carbocycles. The minimum Gasteiger partial charge on any atom is -0.348 e. The van der Waals surface area contributed by atoms with Crippen LogP contribution in [0.1, 0.15) is 53.7 Å². The number of aryl methyl sites for hydroxylation is 1. The Hall–Kier alpha value is -1.49. The first-order chi connectivity index (χ1) is 9.13. The van der Waals surface area contributed by atoms with E-state index >= 15 is 0 Å². The van der Waals surface area contributed by atoms with E-state index in [1.807, 2.05) is 6.92 Å². The summed E-state index contributed by atoms with van der Waals surface area (Å²) in [5.74, 6) is 0.732. The van der Waals surface area contributed by atoms with Crippen LogP contribution < -0.4 is 5.32 Å². The Morgan fingerprint density at radius 1 is 1.37 bits per heavy atom. The van der Waals surface area contributed by atoms with E-state index in [4.69, 9.17) is 0 Å². The van der Waals surface area contributed by atoms with Crippen molar-refractivity contribution in [2.75, 3.05) is 13.6 Å². The summed E-state index contributed by atoms with van der Waals surface area (Å²) in [5, 5.41) is 2.98. The molecule has 1 saturated carbocycles. The van der Waals surface area contributed by atoms with Crippen LogP contribution in [0.15, 0.2) is 6.07 Å². The second-order valence-corrected chi connectivity index (χ2v) is 5.64. The number of rotatable bonds is 3. The number of nitrogens with one attached hydrogen (secondary N) is 1. The lowest BCUT2D eigenvalue weighted by Crippen LogP contribution is -2.28. The molecule has 0 aromatic carbocycles. The third-order valence-corrected chi connectivity index (χ3v) is 3.84. The second-order valence-electron chi connectivity index (χ2n) is 5.64. The summed E-state index contributed by atoms with van der Waals surface area (Å²) >= 11 is 0. The lowest BCUT2D eigenvalue weighted by atomic mass is 10.2. The molecular formula is C14H20N4O. The lowest BCUT2D eigenvalue weighted by Gasteiger charge is -2.18. The van der Waals surface area contributed by atoms with Gasteiger partial charge in [-0.3, -0.25) is 9.69 Å². The highest BCUT2D eigenvalue weighted by Gasteiger charge is 2.28. The average molecular weight is 260 g/mol. The van der Waals surface area contributed by atoms with E-state index in [1.165, 1.54) is 6.42 Å². The third kappa shape index (κ3) is 2.76. The smallest absolute Gasteiger partial charge is 0.270 e. The van der Waals surface area contributed by atoms with Crippen molar-refractivity contribution in [1.29, 1.82) is 0 Å². The molecule has 2 fully saturated rings. The number of aromatic nitrogens is 2. The minimum absolute atomic E-state index is 0.0603. The van der Waals surface area contributed by atoms with E-state index in [0.717, 1.165) is 37.3 Å². The van der Waals surface area contributed by atoms with Crippen LogP contribution in [0.2, 0.25) is 0 Å². The number of carbonyl (C=O) groups is 1. The van der Waals surface area contributed by atoms with E-state index in [1.54, 1.807) is 6.07 Å². The fraction of sp³-hybridized carbons (Fsp3) is 0.643. The Bertz CT molecular complexity index is 498. The van der Waals surface area contributed by atoms with Crippen LogP contribution in [0.5, 0.6) is 0 Å². The zero-order valence-electron chi connectivity index (χ0n) is 11.5. The fourth-order valence-corrected chi connectivity index (χ4v) is 2.58. The lowest BCUT2D eigenvalue weighted by molar-refractivity contribution is 0.0945. The number of amides is 1. The monoisotopic (exact) mass is 260 g/mol. The van der Waals surface area contributed by atoms with E-state index in [0.29, 0.717) is 11.7 Å². The van der Waals surface area contributed by atoms with Gasteiger partial charge in [-0.1, -0.05) is 0 Å². The zero-order valence-corrected chi connectivity index (χ0v) is 11.5. The molecule has 2 aliphatic rings. The summed E-state index contributed by atoms with van der Waals surface area (Å²) in [5.41, 5.74) is 1.38. The maximum atomic E-state index is 12.1. The molecule has 5 heteroatoms. The molecule has 1 amide bonds. The van der Waals surface area contributed by atoms with Gasteiger partial charge in [0.2, 0.25) is 0 Å². The molecular weight excluding hydrogens is 240 g/mol. The van der Waals surface area contributed by atoms with E-state index in [-0.39, 0.29) is 11.9 Å². The number of hydrogen-bond donors (Lipinski definition) is 1. The highest BCUT2D eigenvalue weighted by Crippen LogP contribution is 2.28. The average Bonchev–Trinajstić information content (AvgIpc) is 3.08. The molecule has 0 unspecified atom stereocenters. The van der Waals surface area contributed by atoms with Crippen molar-refractivity contribution in [3.8, 4) is 0 Å². The van der Waals surface area contributed by atoms with Crippen molar-refractivity contribution < 1.29 is 4.79 Å². The van der Waals surface area contributed by atoms with Gasteiger partial charge < -0.3 is 5.32 Å². The van der Waals surface area contributed by atoms with Gasteiger partial charge in [0.25, 0.3) is 5.91 Å². The topological polar surface area (TPSA) is 58.1 Å². The van der Waals surface area contributed by atoms with Crippen molar-refractivity contribution in [2.24, 2.45) is 0 Å². The maximum Gasteiger partial charge on any atom is 0.270 e. The minimum atomic E-state index is -0.0603. The van der Waals surface area contributed by atoms with Gasteiger partial charge in [0.1, 0.15) is 11.5 Å². The van der Waals surface area contributed by atoms with Gasteiger partial charge in [0.15, 0.2) is 0 Å². The molecule has 1 aromatic rings. The number of likely N-dealkylation sites (tertiary alicyclic amines) is 1. The summed E-state index contributed by atoms with van der Waals surface area (Å²) in [6.07, 6.45) is 4.42. The highest BCUT2D eigenvalue weighted by atomic mass is 16.2. The highest BCUT2D eigenvalue weighted by molar-refractivity contribution is 5.92. The second kappa shape index (κ2) is 4.89. The molecule has 2 heterocycles. The Morgan fingerprint density at radius 2 is 2.16 bits per heavy atom. The summed E-state index contributed by atoms with van der Waals surface area (Å²) in [6.45, 7) is 3.00. The van der Waals surface area contributed by atoms with Gasteiger partial charge in [-0.25, -0.2) is 9.97 Å². The Balaban J connectivity index is 1.84. The van der Waals surface area contributed by atoms with Crippen molar-refractivity contribution >= 4 is 5.91 Å². The molecule has 1 atom stereocenters. The standard InChI is InChI=1S/C14H20N4O/c1-9-8-11(14(19)16-10-5-6-10)17-13(15-9)12-4-3-7-18(12)2/h8,10,12H,3-7H2,1-2H3,(H,16,19)/t12-/m0/s1. The van der Waals surface area contributed by atoms with Crippen molar-refractivity contribution in [1.82, 2.24) is 20.2 Å². The third-order valence-electron chi connectivity index (χ3n) is 3.84. The first-order valence-electron chi connectivity index (χ1n) is 7.00. The molecule has 0 bridgehead atoms. The van der Waals surface area contributed by atoms with Crippen LogP contribution in [0.25, 0.3) is 0 Å². The molecule has 1 saturated heterocycles. The van der Waals surface area contributed by atoms with Crippen molar-refractivity contribution in [2.45, 2.75) is 44.7 Å². The molecule has 0 spiro atoms. The molecule has 0 radical (unpaired) electrons. The molecule has 1 aromatic heterocycles. The maximum absolute atomic E-state index is 12.1. The Morgan fingerprint density at radius 3 is 2.79 bits per heavy atom. The molecule has 102 valence electrons. The van der Waals surface area contributed by atoms with Crippen LogP contribution in [0.3, 0.4) is 0 Å². The van der Waals surface area contributed by atoms with Crippen LogP contribution in [-0.2, 0) is 0 Å². The predicted octanol–water partition coefficient (Wildman–Crippen LogP) is 1.44. The van der Waals surface area contributed by atoms with Gasteiger partial charge >= 0.3 is 0 Å².